The molecule has 0 spiro atoms. The molecule has 7 nitrogen and oxygen atoms in total. The van der Waals surface area contributed by atoms with Gasteiger partial charge in [-0.3, -0.25) is 0 Å². The van der Waals surface area contributed by atoms with Crippen LogP contribution in [0.4, 0.5) is 11.8 Å². The summed E-state index contributed by atoms with van der Waals surface area (Å²) in [6.45, 7) is 3.52. The van der Waals surface area contributed by atoms with E-state index < -0.39 is 0 Å². The highest BCUT2D eigenvalue weighted by Crippen LogP contribution is 2.27. The lowest BCUT2D eigenvalue weighted by atomic mass is 10.2. The highest BCUT2D eigenvalue weighted by atomic mass is 16.5. The van der Waals surface area contributed by atoms with Gasteiger partial charge in [-0.05, 0) is 24.1 Å². The van der Waals surface area contributed by atoms with Crippen LogP contribution in [0.15, 0.2) is 24.4 Å². The zero-order chi connectivity index (χ0) is 15.8. The smallest absolute Gasteiger partial charge is 0.244 e. The van der Waals surface area contributed by atoms with Crippen LogP contribution >= 0.6 is 0 Å². The van der Waals surface area contributed by atoms with Crippen molar-refractivity contribution < 1.29 is 9.47 Å². The first-order valence-corrected chi connectivity index (χ1v) is 7.15. The van der Waals surface area contributed by atoms with Crippen LogP contribution in [-0.2, 0) is 6.54 Å². The van der Waals surface area contributed by atoms with Gasteiger partial charge >= 0.3 is 0 Å². The Morgan fingerprint density at radius 3 is 2.64 bits per heavy atom. The van der Waals surface area contributed by atoms with Crippen molar-refractivity contribution in [2.24, 2.45) is 0 Å². The number of nitrogens with one attached hydrogen (secondary N) is 2. The third-order valence-electron chi connectivity index (χ3n) is 3.01. The zero-order valence-electron chi connectivity index (χ0n) is 13.1. The number of ether oxygens (including phenoxy) is 2. The average molecular weight is 303 g/mol. The lowest BCUT2D eigenvalue weighted by molar-refractivity contribution is 0.354. The molecule has 1 heterocycles. The van der Waals surface area contributed by atoms with Gasteiger partial charge in [-0.15, -0.1) is 5.10 Å². The minimum atomic E-state index is 0.482. The van der Waals surface area contributed by atoms with Crippen LogP contribution in [0, 0.1) is 0 Å². The van der Waals surface area contributed by atoms with Crippen molar-refractivity contribution in [1.29, 1.82) is 0 Å². The first-order chi connectivity index (χ1) is 10.8. The Bertz CT molecular complexity index is 606. The van der Waals surface area contributed by atoms with Gasteiger partial charge in [0.2, 0.25) is 5.95 Å². The molecule has 0 saturated heterocycles. The van der Waals surface area contributed by atoms with Gasteiger partial charge in [-0.25, -0.2) is 0 Å². The van der Waals surface area contributed by atoms with Crippen LogP contribution in [0.25, 0.3) is 0 Å². The molecule has 0 saturated carbocycles. The van der Waals surface area contributed by atoms with Crippen LogP contribution in [-0.4, -0.2) is 35.9 Å². The van der Waals surface area contributed by atoms with Crippen molar-refractivity contribution in [1.82, 2.24) is 15.2 Å². The van der Waals surface area contributed by atoms with E-state index in [4.69, 9.17) is 9.47 Å². The number of methoxy groups -OCH3 is 2. The Kier molecular flexibility index (Phi) is 5.76. The second-order valence-corrected chi connectivity index (χ2v) is 4.63. The molecule has 0 bridgehead atoms. The summed E-state index contributed by atoms with van der Waals surface area (Å²) in [7, 11) is 3.23. The van der Waals surface area contributed by atoms with Crippen molar-refractivity contribution in [2.75, 3.05) is 31.4 Å². The van der Waals surface area contributed by atoms with Gasteiger partial charge in [0.05, 0.1) is 20.4 Å². The van der Waals surface area contributed by atoms with Gasteiger partial charge in [0.15, 0.2) is 11.5 Å². The Balaban J connectivity index is 2.00. The number of hydrogen-bond acceptors (Lipinski definition) is 7. The summed E-state index contributed by atoms with van der Waals surface area (Å²) in [6, 6.07) is 5.74. The molecule has 22 heavy (non-hydrogen) atoms. The van der Waals surface area contributed by atoms with E-state index in [-0.39, 0.29) is 0 Å². The van der Waals surface area contributed by atoms with Crippen molar-refractivity contribution in [3.05, 3.63) is 30.0 Å². The van der Waals surface area contributed by atoms with Gasteiger partial charge < -0.3 is 20.1 Å². The predicted octanol–water partition coefficient (Wildman–Crippen LogP) is 2.32. The number of rotatable bonds is 8. The Hall–Kier alpha value is -2.57. The van der Waals surface area contributed by atoms with E-state index in [0.717, 1.165) is 18.5 Å². The zero-order valence-corrected chi connectivity index (χ0v) is 13.1. The molecule has 0 atom stereocenters. The molecule has 7 heteroatoms. The average Bonchev–Trinajstić information content (AvgIpc) is 2.58. The second kappa shape index (κ2) is 8.02. The summed E-state index contributed by atoms with van der Waals surface area (Å²) >= 11 is 0. The molecule has 118 valence electrons. The van der Waals surface area contributed by atoms with Crippen LogP contribution in [0.1, 0.15) is 18.9 Å². The molecule has 0 amide bonds. The molecule has 0 aliphatic heterocycles. The summed E-state index contributed by atoms with van der Waals surface area (Å²) in [4.78, 5) is 4.35. The van der Waals surface area contributed by atoms with E-state index in [1.165, 1.54) is 0 Å². The molecule has 2 N–H and O–H groups in total. The van der Waals surface area contributed by atoms with Crippen molar-refractivity contribution >= 4 is 11.8 Å². The number of nitrogens with zero attached hydrogens (tertiary/aromatic N) is 3. The Morgan fingerprint density at radius 2 is 1.91 bits per heavy atom. The highest BCUT2D eigenvalue weighted by molar-refractivity contribution is 5.44. The van der Waals surface area contributed by atoms with Crippen molar-refractivity contribution in [3.8, 4) is 11.5 Å². The standard InChI is InChI=1S/C15H21N5O2/c1-4-7-16-14-10-18-20-15(19-14)17-9-11-5-6-12(21-2)13(8-11)22-3/h5-6,8,10H,4,7,9H2,1-3H3,(H2,16,17,19,20). The number of hydrogen-bond donors (Lipinski definition) is 2. The first-order valence-electron chi connectivity index (χ1n) is 7.15. The fourth-order valence-electron chi connectivity index (χ4n) is 1.89. The molecular weight excluding hydrogens is 282 g/mol. The maximum absolute atomic E-state index is 5.29. The van der Waals surface area contributed by atoms with E-state index >= 15 is 0 Å². The summed E-state index contributed by atoms with van der Waals surface area (Å²) in [5.41, 5.74) is 1.04. The molecule has 0 unspecified atom stereocenters. The summed E-state index contributed by atoms with van der Waals surface area (Å²) < 4.78 is 10.5. The SMILES string of the molecule is CCCNc1cnnc(NCc2ccc(OC)c(OC)c2)n1. The number of benzene rings is 1. The number of aromatic nitrogens is 3. The first kappa shape index (κ1) is 15.8. The number of anilines is 2. The molecule has 0 aliphatic carbocycles. The van der Waals surface area contributed by atoms with Gasteiger partial charge in [0.1, 0.15) is 5.82 Å². The third kappa shape index (κ3) is 4.21. The van der Waals surface area contributed by atoms with Gasteiger partial charge in [-0.2, -0.15) is 10.1 Å². The summed E-state index contributed by atoms with van der Waals surface area (Å²) in [5, 5.41) is 14.2. The van der Waals surface area contributed by atoms with Crippen LogP contribution < -0.4 is 20.1 Å². The van der Waals surface area contributed by atoms with Crippen LogP contribution in [0.5, 0.6) is 11.5 Å². The maximum atomic E-state index is 5.29. The fourth-order valence-corrected chi connectivity index (χ4v) is 1.89. The van der Waals surface area contributed by atoms with Gasteiger partial charge in [0, 0.05) is 13.1 Å². The molecule has 1 aromatic heterocycles. The molecule has 0 aliphatic rings. The molecule has 2 aromatic rings. The molecular formula is C15H21N5O2. The van der Waals surface area contributed by atoms with Crippen LogP contribution in [0.3, 0.4) is 0 Å². The minimum absolute atomic E-state index is 0.482. The second-order valence-electron chi connectivity index (χ2n) is 4.63. The van der Waals surface area contributed by atoms with Crippen molar-refractivity contribution in [3.63, 3.8) is 0 Å². The topological polar surface area (TPSA) is 81.2 Å². The van der Waals surface area contributed by atoms with E-state index in [1.54, 1.807) is 20.4 Å². The predicted molar refractivity (Wildman–Crippen MR) is 85.5 cm³/mol. The van der Waals surface area contributed by atoms with Crippen LogP contribution in [0.2, 0.25) is 0 Å². The lowest BCUT2D eigenvalue weighted by Crippen LogP contribution is -2.08. The molecule has 0 radical (unpaired) electrons. The summed E-state index contributed by atoms with van der Waals surface area (Å²) in [6.07, 6.45) is 2.63. The lowest BCUT2D eigenvalue weighted by Gasteiger charge is -2.10. The van der Waals surface area contributed by atoms with E-state index in [2.05, 4.69) is 32.7 Å². The molecule has 1 aromatic carbocycles. The van der Waals surface area contributed by atoms with E-state index in [0.29, 0.717) is 29.8 Å². The molecule has 2 rings (SSSR count). The minimum Gasteiger partial charge on any atom is -0.493 e. The molecule has 0 fully saturated rings. The maximum Gasteiger partial charge on any atom is 0.244 e. The fraction of sp³-hybridized carbons (Fsp3) is 0.400. The van der Waals surface area contributed by atoms with E-state index in [9.17, 15) is 0 Å². The quantitative estimate of drug-likeness (QED) is 0.774. The van der Waals surface area contributed by atoms with E-state index in [1.807, 2.05) is 18.2 Å². The van der Waals surface area contributed by atoms with Gasteiger partial charge in [-0.1, -0.05) is 13.0 Å². The summed E-state index contributed by atoms with van der Waals surface area (Å²) in [5.74, 6) is 2.59. The van der Waals surface area contributed by atoms with Gasteiger partial charge in [0.25, 0.3) is 0 Å². The monoisotopic (exact) mass is 303 g/mol. The normalized spacial score (nSPS) is 10.1. The highest BCUT2D eigenvalue weighted by Gasteiger charge is 2.05. The Morgan fingerprint density at radius 1 is 1.09 bits per heavy atom. The third-order valence-corrected chi connectivity index (χ3v) is 3.01. The van der Waals surface area contributed by atoms with Crippen molar-refractivity contribution in [2.45, 2.75) is 19.9 Å². The Labute approximate surface area is 130 Å². The largest absolute Gasteiger partial charge is 0.493 e.